The minimum atomic E-state index is 0.442. The predicted molar refractivity (Wildman–Crippen MR) is 80.6 cm³/mol. The molecule has 0 saturated heterocycles. The lowest BCUT2D eigenvalue weighted by Crippen LogP contribution is -1.99. The zero-order valence-electron chi connectivity index (χ0n) is 10.2. The van der Waals surface area contributed by atoms with Gasteiger partial charge in [0.05, 0.1) is 10.0 Å². The van der Waals surface area contributed by atoms with Gasteiger partial charge in [-0.1, -0.05) is 53.5 Å². The Kier molecular flexibility index (Phi) is 2.56. The second-order valence-corrected chi connectivity index (χ2v) is 5.35. The molecule has 0 saturated carbocycles. The maximum atomic E-state index is 6.02. The first-order chi connectivity index (χ1) is 9.72. The van der Waals surface area contributed by atoms with Gasteiger partial charge in [0.2, 0.25) is 0 Å². The Morgan fingerprint density at radius 1 is 0.700 bits per heavy atom. The summed E-state index contributed by atoms with van der Waals surface area (Å²) in [5.74, 6) is 2.52. The quantitative estimate of drug-likeness (QED) is 0.394. The molecule has 0 bridgehead atoms. The highest BCUT2D eigenvalue weighted by atomic mass is 35.5. The molecule has 1 aliphatic rings. The van der Waals surface area contributed by atoms with Gasteiger partial charge in [0, 0.05) is 17.5 Å². The van der Waals surface area contributed by atoms with Gasteiger partial charge in [0.15, 0.2) is 23.0 Å². The van der Waals surface area contributed by atoms with Crippen molar-refractivity contribution in [3.8, 4) is 23.0 Å². The molecule has 3 aromatic rings. The van der Waals surface area contributed by atoms with E-state index in [9.17, 15) is 0 Å². The Bertz CT molecular complexity index is 843. The van der Waals surface area contributed by atoms with E-state index in [-0.39, 0.29) is 0 Å². The van der Waals surface area contributed by atoms with Crippen LogP contribution in [0.4, 0.5) is 0 Å². The second-order valence-electron chi connectivity index (χ2n) is 4.53. The lowest BCUT2D eigenvalue weighted by molar-refractivity contribution is 0.363. The van der Waals surface area contributed by atoms with E-state index in [0.717, 1.165) is 10.8 Å². The average molecular weight is 303 g/mol. The number of rotatable bonds is 0. The van der Waals surface area contributed by atoms with Gasteiger partial charge in [-0.3, -0.25) is 0 Å². The fourth-order valence-electron chi connectivity index (χ4n) is 2.31. The first-order valence-corrected chi connectivity index (χ1v) is 6.84. The van der Waals surface area contributed by atoms with E-state index in [1.165, 1.54) is 0 Å². The summed E-state index contributed by atoms with van der Waals surface area (Å²) >= 11 is 12.0. The summed E-state index contributed by atoms with van der Waals surface area (Å²) in [4.78, 5) is 0. The first kappa shape index (κ1) is 11.9. The number of benzene rings is 3. The molecule has 0 fully saturated rings. The third-order valence-electron chi connectivity index (χ3n) is 3.26. The highest BCUT2D eigenvalue weighted by Gasteiger charge is 2.22. The molecule has 0 N–H and O–H groups in total. The molecule has 0 atom stereocenters. The second kappa shape index (κ2) is 4.30. The molecule has 0 amide bonds. The van der Waals surface area contributed by atoms with Crippen molar-refractivity contribution in [2.45, 2.75) is 0 Å². The van der Waals surface area contributed by atoms with Gasteiger partial charge in [-0.15, -0.1) is 0 Å². The summed E-state index contributed by atoms with van der Waals surface area (Å²) < 4.78 is 11.8. The van der Waals surface area contributed by atoms with Crippen LogP contribution in [0, 0.1) is 0 Å². The highest BCUT2D eigenvalue weighted by Crippen LogP contribution is 2.50. The average Bonchev–Trinajstić information content (AvgIpc) is 2.47. The van der Waals surface area contributed by atoms with E-state index in [2.05, 4.69) is 0 Å². The Labute approximate surface area is 125 Å². The molecule has 0 unspecified atom stereocenters. The number of ether oxygens (including phenoxy) is 2. The standard InChI is InChI=1S/C16H8Cl2O2/c17-11-7-14-15(8-12(11)18)20-16-10-4-2-1-3-9(10)5-6-13(16)19-14/h1-8H. The largest absolute Gasteiger partial charge is 0.449 e. The summed E-state index contributed by atoms with van der Waals surface area (Å²) in [6.45, 7) is 0. The molecule has 0 aliphatic carbocycles. The van der Waals surface area contributed by atoms with Gasteiger partial charge >= 0.3 is 0 Å². The summed E-state index contributed by atoms with van der Waals surface area (Å²) in [7, 11) is 0. The van der Waals surface area contributed by atoms with E-state index >= 15 is 0 Å². The van der Waals surface area contributed by atoms with Crippen LogP contribution in [0.15, 0.2) is 48.5 Å². The Morgan fingerprint density at radius 3 is 2.20 bits per heavy atom. The zero-order valence-corrected chi connectivity index (χ0v) is 11.7. The summed E-state index contributed by atoms with van der Waals surface area (Å²) in [6, 6.07) is 15.2. The van der Waals surface area contributed by atoms with Gasteiger partial charge in [-0.05, 0) is 11.5 Å². The summed E-state index contributed by atoms with van der Waals surface area (Å²) in [5, 5.41) is 2.98. The third-order valence-corrected chi connectivity index (χ3v) is 3.98. The number of hydrogen-bond donors (Lipinski definition) is 0. The van der Waals surface area contributed by atoms with Gasteiger partial charge in [0.25, 0.3) is 0 Å². The van der Waals surface area contributed by atoms with Gasteiger partial charge in [-0.2, -0.15) is 0 Å². The van der Waals surface area contributed by atoms with Gasteiger partial charge in [-0.25, -0.2) is 0 Å². The topological polar surface area (TPSA) is 18.5 Å². The van der Waals surface area contributed by atoms with Crippen molar-refractivity contribution in [2.75, 3.05) is 0 Å². The maximum Gasteiger partial charge on any atom is 0.177 e. The minimum Gasteiger partial charge on any atom is -0.449 e. The Balaban J connectivity index is 1.94. The SMILES string of the molecule is Clc1cc2c(cc1Cl)Oc1c(ccc3ccccc13)O2. The maximum absolute atomic E-state index is 6.02. The zero-order chi connectivity index (χ0) is 13.7. The molecule has 0 spiro atoms. The van der Waals surface area contributed by atoms with Crippen LogP contribution < -0.4 is 9.47 Å². The molecule has 4 rings (SSSR count). The van der Waals surface area contributed by atoms with Crippen molar-refractivity contribution in [1.29, 1.82) is 0 Å². The molecular formula is C16H8Cl2O2. The van der Waals surface area contributed by atoms with Crippen LogP contribution >= 0.6 is 23.2 Å². The monoisotopic (exact) mass is 302 g/mol. The molecule has 98 valence electrons. The van der Waals surface area contributed by atoms with Crippen molar-refractivity contribution in [3.05, 3.63) is 58.6 Å². The van der Waals surface area contributed by atoms with Crippen molar-refractivity contribution in [1.82, 2.24) is 0 Å². The molecule has 20 heavy (non-hydrogen) atoms. The fourth-order valence-corrected chi connectivity index (χ4v) is 2.61. The predicted octanol–water partition coefficient (Wildman–Crippen LogP) is 6.04. The van der Waals surface area contributed by atoms with Gasteiger partial charge in [0.1, 0.15) is 0 Å². The molecule has 2 nitrogen and oxygen atoms in total. The highest BCUT2D eigenvalue weighted by molar-refractivity contribution is 6.42. The van der Waals surface area contributed by atoms with Crippen LogP contribution in [0.25, 0.3) is 10.8 Å². The van der Waals surface area contributed by atoms with E-state index in [1.807, 2.05) is 36.4 Å². The lowest BCUT2D eigenvalue weighted by atomic mass is 10.1. The number of fused-ring (bicyclic) bond motifs is 4. The molecule has 1 aliphatic heterocycles. The van der Waals surface area contributed by atoms with Crippen molar-refractivity contribution < 1.29 is 9.47 Å². The Morgan fingerprint density at radius 2 is 1.40 bits per heavy atom. The molecule has 4 heteroatoms. The van der Waals surface area contributed by atoms with Gasteiger partial charge < -0.3 is 9.47 Å². The fraction of sp³-hybridized carbons (Fsp3) is 0. The molecule has 1 heterocycles. The van der Waals surface area contributed by atoms with E-state index < -0.39 is 0 Å². The van der Waals surface area contributed by atoms with Crippen LogP contribution in [-0.4, -0.2) is 0 Å². The van der Waals surface area contributed by atoms with E-state index in [4.69, 9.17) is 32.7 Å². The summed E-state index contributed by atoms with van der Waals surface area (Å²) in [6.07, 6.45) is 0. The van der Waals surface area contributed by atoms with E-state index in [0.29, 0.717) is 33.0 Å². The van der Waals surface area contributed by atoms with Crippen LogP contribution in [0.2, 0.25) is 10.0 Å². The number of hydrogen-bond acceptors (Lipinski definition) is 2. The molecule has 3 aromatic carbocycles. The smallest absolute Gasteiger partial charge is 0.177 e. The first-order valence-electron chi connectivity index (χ1n) is 6.09. The molecular weight excluding hydrogens is 295 g/mol. The minimum absolute atomic E-state index is 0.442. The van der Waals surface area contributed by atoms with Crippen molar-refractivity contribution in [3.63, 3.8) is 0 Å². The lowest BCUT2D eigenvalue weighted by Gasteiger charge is -2.22. The Hall–Kier alpha value is -1.90. The van der Waals surface area contributed by atoms with Crippen molar-refractivity contribution >= 4 is 34.0 Å². The number of halogens is 2. The normalized spacial score (nSPS) is 12.3. The van der Waals surface area contributed by atoms with Crippen LogP contribution in [0.3, 0.4) is 0 Å². The molecule has 0 aromatic heterocycles. The van der Waals surface area contributed by atoms with Crippen LogP contribution in [0.1, 0.15) is 0 Å². The molecule has 0 radical (unpaired) electrons. The summed E-state index contributed by atoms with van der Waals surface area (Å²) in [5.41, 5.74) is 0. The van der Waals surface area contributed by atoms with Crippen molar-refractivity contribution in [2.24, 2.45) is 0 Å². The van der Waals surface area contributed by atoms with Crippen LogP contribution in [-0.2, 0) is 0 Å². The van der Waals surface area contributed by atoms with E-state index in [1.54, 1.807) is 12.1 Å². The third kappa shape index (κ3) is 1.73. The van der Waals surface area contributed by atoms with Crippen LogP contribution in [0.5, 0.6) is 23.0 Å².